The van der Waals surface area contributed by atoms with E-state index in [1.165, 1.54) is 12.0 Å². The fourth-order valence-corrected chi connectivity index (χ4v) is 6.01. The summed E-state index contributed by atoms with van der Waals surface area (Å²) in [5, 5.41) is 0. The minimum absolute atomic E-state index is 0.114. The summed E-state index contributed by atoms with van der Waals surface area (Å²) in [5.74, 6) is 0.607. The van der Waals surface area contributed by atoms with Gasteiger partial charge in [-0.05, 0) is 56.3 Å². The molecule has 2 atom stereocenters. The Kier molecular flexibility index (Phi) is 5.28. The quantitative estimate of drug-likeness (QED) is 0.702. The molecule has 0 aliphatic carbocycles. The van der Waals surface area contributed by atoms with Crippen molar-refractivity contribution in [2.75, 3.05) is 39.5 Å². The zero-order valence-corrected chi connectivity index (χ0v) is 17.2. The molecule has 4 heterocycles. The molecule has 0 bridgehead atoms. The van der Waals surface area contributed by atoms with Gasteiger partial charge in [-0.15, -0.1) is 0 Å². The first kappa shape index (κ1) is 19.3. The van der Waals surface area contributed by atoms with Crippen LogP contribution >= 0.6 is 0 Å². The van der Waals surface area contributed by atoms with Gasteiger partial charge in [-0.25, -0.2) is 4.79 Å². The molecular formula is C22H36N2O3. The highest BCUT2D eigenvalue weighted by molar-refractivity contribution is 5.67. The minimum Gasteiger partial charge on any atom is -0.448 e. The van der Waals surface area contributed by atoms with Crippen molar-refractivity contribution in [2.45, 2.75) is 70.4 Å². The lowest BCUT2D eigenvalue weighted by atomic mass is 9.72. The van der Waals surface area contributed by atoms with Crippen LogP contribution in [0.1, 0.15) is 58.8 Å². The summed E-state index contributed by atoms with van der Waals surface area (Å²) in [7, 11) is 0. The molecule has 27 heavy (non-hydrogen) atoms. The summed E-state index contributed by atoms with van der Waals surface area (Å²) in [4.78, 5) is 17.1. The highest BCUT2D eigenvalue weighted by Gasteiger charge is 2.52. The molecule has 5 heteroatoms. The Balaban J connectivity index is 1.28. The number of piperidine rings is 1. The van der Waals surface area contributed by atoms with Gasteiger partial charge in [0.25, 0.3) is 0 Å². The predicted octanol–water partition coefficient (Wildman–Crippen LogP) is 3.83. The number of fused-ring (bicyclic) bond motifs is 1. The monoisotopic (exact) mass is 376 g/mol. The van der Waals surface area contributed by atoms with Crippen molar-refractivity contribution in [1.29, 1.82) is 0 Å². The second kappa shape index (κ2) is 7.40. The number of likely N-dealkylation sites (tertiary alicyclic amines) is 1. The molecule has 4 fully saturated rings. The van der Waals surface area contributed by atoms with Crippen molar-refractivity contribution in [3.63, 3.8) is 0 Å². The zero-order chi connectivity index (χ0) is 19.1. The summed E-state index contributed by atoms with van der Waals surface area (Å²) in [6.45, 7) is 13.8. The van der Waals surface area contributed by atoms with Crippen LogP contribution in [0.3, 0.4) is 0 Å². The fourth-order valence-electron chi connectivity index (χ4n) is 6.01. The summed E-state index contributed by atoms with van der Waals surface area (Å²) < 4.78 is 11.3. The van der Waals surface area contributed by atoms with Crippen molar-refractivity contribution in [1.82, 2.24) is 9.80 Å². The van der Waals surface area contributed by atoms with Gasteiger partial charge in [0.2, 0.25) is 0 Å². The maximum Gasteiger partial charge on any atom is 0.409 e. The number of ether oxygens (including phenoxy) is 2. The van der Waals surface area contributed by atoms with Crippen LogP contribution in [0.2, 0.25) is 0 Å². The van der Waals surface area contributed by atoms with Gasteiger partial charge >= 0.3 is 6.09 Å². The molecule has 0 N–H and O–H groups in total. The Morgan fingerprint density at radius 2 is 1.93 bits per heavy atom. The molecule has 0 aromatic carbocycles. The number of carbonyl (C=O) groups excluding carboxylic acids is 1. The van der Waals surface area contributed by atoms with Gasteiger partial charge in [0.15, 0.2) is 0 Å². The average molecular weight is 377 g/mol. The Morgan fingerprint density at radius 1 is 1.22 bits per heavy atom. The Labute approximate surface area is 164 Å². The van der Waals surface area contributed by atoms with Crippen LogP contribution in [-0.4, -0.2) is 66.9 Å². The highest BCUT2D eigenvalue weighted by Crippen LogP contribution is 2.48. The lowest BCUT2D eigenvalue weighted by Crippen LogP contribution is -2.48. The Hall–Kier alpha value is -1.07. The summed E-state index contributed by atoms with van der Waals surface area (Å²) >= 11 is 0. The average Bonchev–Trinajstić information content (AvgIpc) is 3.17. The smallest absolute Gasteiger partial charge is 0.409 e. The molecular weight excluding hydrogens is 340 g/mol. The van der Waals surface area contributed by atoms with Gasteiger partial charge in [-0.3, -0.25) is 4.90 Å². The SMILES string of the molecule is C=C1CN2C(COC(=O)N3CCC4(CCOCC4)CC3)CCC2(C(C)C)C1. The molecule has 4 saturated heterocycles. The summed E-state index contributed by atoms with van der Waals surface area (Å²) in [5.41, 5.74) is 1.99. The van der Waals surface area contributed by atoms with Crippen LogP contribution in [-0.2, 0) is 9.47 Å². The number of nitrogens with zero attached hydrogens (tertiary/aromatic N) is 2. The minimum atomic E-state index is -0.114. The van der Waals surface area contributed by atoms with Gasteiger partial charge in [-0.2, -0.15) is 0 Å². The van der Waals surface area contributed by atoms with Crippen LogP contribution in [0, 0.1) is 11.3 Å². The normalized spacial score (nSPS) is 33.7. The fraction of sp³-hybridized carbons (Fsp3) is 0.864. The van der Waals surface area contributed by atoms with Crippen LogP contribution in [0.5, 0.6) is 0 Å². The highest BCUT2D eigenvalue weighted by atomic mass is 16.6. The molecule has 4 rings (SSSR count). The molecule has 2 unspecified atom stereocenters. The molecule has 152 valence electrons. The van der Waals surface area contributed by atoms with E-state index in [0.717, 1.165) is 71.4 Å². The largest absolute Gasteiger partial charge is 0.448 e. The van der Waals surface area contributed by atoms with E-state index in [-0.39, 0.29) is 11.6 Å². The van der Waals surface area contributed by atoms with Crippen molar-refractivity contribution in [3.05, 3.63) is 12.2 Å². The van der Waals surface area contributed by atoms with Gasteiger partial charge in [0.1, 0.15) is 6.61 Å². The van der Waals surface area contributed by atoms with Gasteiger partial charge in [-0.1, -0.05) is 26.0 Å². The first-order valence-corrected chi connectivity index (χ1v) is 10.9. The van der Waals surface area contributed by atoms with E-state index in [4.69, 9.17) is 9.47 Å². The molecule has 1 spiro atoms. The van der Waals surface area contributed by atoms with Gasteiger partial charge in [0.05, 0.1) is 0 Å². The molecule has 0 aromatic heterocycles. The number of rotatable bonds is 3. The third kappa shape index (κ3) is 3.53. The van der Waals surface area contributed by atoms with E-state index in [2.05, 4.69) is 25.3 Å². The standard InChI is InChI=1S/C22H36N2O3/c1-17(2)22-5-4-19(24(22)15-18(3)14-22)16-27-20(25)23-10-6-21(7-11-23)8-12-26-13-9-21/h17,19H,3-16H2,1-2H3. The van der Waals surface area contributed by atoms with E-state index < -0.39 is 0 Å². The molecule has 4 aliphatic heterocycles. The van der Waals surface area contributed by atoms with E-state index in [9.17, 15) is 4.79 Å². The lowest BCUT2D eigenvalue weighted by Gasteiger charge is -2.43. The number of carbonyl (C=O) groups is 1. The second-order valence-electron chi connectivity index (χ2n) is 9.68. The number of amides is 1. The zero-order valence-electron chi connectivity index (χ0n) is 17.2. The van der Waals surface area contributed by atoms with Gasteiger partial charge < -0.3 is 14.4 Å². The Bertz CT molecular complexity index is 574. The first-order valence-electron chi connectivity index (χ1n) is 10.9. The summed E-state index contributed by atoms with van der Waals surface area (Å²) in [6, 6.07) is 0.349. The van der Waals surface area contributed by atoms with Crippen molar-refractivity contribution in [3.8, 4) is 0 Å². The van der Waals surface area contributed by atoms with E-state index in [1.807, 2.05) is 4.90 Å². The molecule has 4 aliphatic rings. The van der Waals surface area contributed by atoms with Crippen molar-refractivity contribution in [2.24, 2.45) is 11.3 Å². The lowest BCUT2D eigenvalue weighted by molar-refractivity contribution is -0.0220. The van der Waals surface area contributed by atoms with E-state index in [0.29, 0.717) is 24.0 Å². The molecule has 1 amide bonds. The third-order valence-electron chi connectivity index (χ3n) is 7.98. The predicted molar refractivity (Wildman–Crippen MR) is 106 cm³/mol. The molecule has 5 nitrogen and oxygen atoms in total. The maximum absolute atomic E-state index is 12.6. The topological polar surface area (TPSA) is 42.0 Å². The van der Waals surface area contributed by atoms with Crippen LogP contribution in [0.15, 0.2) is 12.2 Å². The third-order valence-corrected chi connectivity index (χ3v) is 7.98. The van der Waals surface area contributed by atoms with Crippen molar-refractivity contribution < 1.29 is 14.3 Å². The van der Waals surface area contributed by atoms with Crippen LogP contribution in [0.25, 0.3) is 0 Å². The van der Waals surface area contributed by atoms with Crippen LogP contribution in [0.4, 0.5) is 4.79 Å². The van der Waals surface area contributed by atoms with E-state index >= 15 is 0 Å². The first-order chi connectivity index (χ1) is 12.9. The second-order valence-corrected chi connectivity index (χ2v) is 9.68. The van der Waals surface area contributed by atoms with Gasteiger partial charge in [0, 0.05) is 44.4 Å². The molecule has 0 radical (unpaired) electrons. The maximum atomic E-state index is 12.6. The molecule has 0 aromatic rings. The number of hydrogen-bond acceptors (Lipinski definition) is 4. The summed E-state index contributed by atoms with van der Waals surface area (Å²) in [6.07, 6.45) is 7.79. The van der Waals surface area contributed by atoms with Crippen LogP contribution < -0.4 is 0 Å². The Morgan fingerprint density at radius 3 is 2.59 bits per heavy atom. The van der Waals surface area contributed by atoms with E-state index in [1.54, 1.807) is 0 Å². The molecule has 0 saturated carbocycles. The van der Waals surface area contributed by atoms with Crippen molar-refractivity contribution >= 4 is 6.09 Å². The number of hydrogen-bond donors (Lipinski definition) is 0.